The molecule has 19 heavy (non-hydrogen) atoms. The van der Waals surface area contributed by atoms with Crippen LogP contribution in [-0.4, -0.2) is 12.0 Å². The summed E-state index contributed by atoms with van der Waals surface area (Å²) in [7, 11) is 2.07. The zero-order valence-corrected chi connectivity index (χ0v) is 13.6. The smallest absolute Gasteiger partial charge is 0.185 e. The van der Waals surface area contributed by atoms with Gasteiger partial charge in [-0.3, -0.25) is 0 Å². The molecular formula is C14H18BrN3S. The topological polar surface area (TPSA) is 42.2 Å². The summed E-state index contributed by atoms with van der Waals surface area (Å²) in [6.07, 6.45) is 0.938. The van der Waals surface area contributed by atoms with Crippen LogP contribution in [0.1, 0.15) is 23.1 Å². The van der Waals surface area contributed by atoms with Crippen LogP contribution in [0.25, 0.3) is 0 Å². The SMILES string of the molecule is CCc1nc(N(C)Cc2cccc(Br)c2)sc1CN. The third-order valence-corrected chi connectivity index (χ3v) is 4.65. The van der Waals surface area contributed by atoms with E-state index in [4.69, 9.17) is 5.73 Å². The van der Waals surface area contributed by atoms with Crippen LogP contribution in [-0.2, 0) is 19.5 Å². The third-order valence-electron chi connectivity index (χ3n) is 2.92. The van der Waals surface area contributed by atoms with E-state index in [9.17, 15) is 0 Å². The number of nitrogens with zero attached hydrogens (tertiary/aromatic N) is 2. The van der Waals surface area contributed by atoms with Crippen LogP contribution >= 0.6 is 27.3 Å². The molecule has 2 N–H and O–H groups in total. The van der Waals surface area contributed by atoms with Gasteiger partial charge < -0.3 is 10.6 Å². The lowest BCUT2D eigenvalue weighted by Gasteiger charge is -2.15. The van der Waals surface area contributed by atoms with Gasteiger partial charge in [0.25, 0.3) is 0 Å². The fourth-order valence-electron chi connectivity index (χ4n) is 1.95. The second-order valence-corrected chi connectivity index (χ2v) is 6.39. The predicted octanol–water partition coefficient (Wildman–Crippen LogP) is 3.56. The second kappa shape index (κ2) is 6.50. The Labute approximate surface area is 126 Å². The fourth-order valence-corrected chi connectivity index (χ4v) is 3.38. The van der Waals surface area contributed by atoms with Crippen LogP contribution in [0.15, 0.2) is 28.7 Å². The maximum absolute atomic E-state index is 5.76. The average Bonchev–Trinajstić information content (AvgIpc) is 2.82. The van der Waals surface area contributed by atoms with E-state index >= 15 is 0 Å². The molecule has 2 rings (SSSR count). The van der Waals surface area contributed by atoms with Gasteiger partial charge in [-0.05, 0) is 24.1 Å². The first-order chi connectivity index (χ1) is 9.13. The maximum atomic E-state index is 5.76. The third kappa shape index (κ3) is 3.55. The number of hydrogen-bond donors (Lipinski definition) is 1. The Morgan fingerprint density at radius 2 is 2.21 bits per heavy atom. The molecule has 0 radical (unpaired) electrons. The predicted molar refractivity (Wildman–Crippen MR) is 85.6 cm³/mol. The van der Waals surface area contributed by atoms with E-state index in [-0.39, 0.29) is 0 Å². The van der Waals surface area contributed by atoms with Gasteiger partial charge in [-0.2, -0.15) is 0 Å². The van der Waals surface area contributed by atoms with Gasteiger partial charge in [-0.15, -0.1) is 11.3 Å². The molecular weight excluding hydrogens is 322 g/mol. The van der Waals surface area contributed by atoms with Gasteiger partial charge >= 0.3 is 0 Å². The summed E-state index contributed by atoms with van der Waals surface area (Å²) in [6.45, 7) is 3.54. The zero-order valence-electron chi connectivity index (χ0n) is 11.2. The molecule has 0 aliphatic rings. The Hall–Kier alpha value is -0.910. The highest BCUT2D eigenvalue weighted by Gasteiger charge is 2.12. The van der Waals surface area contributed by atoms with Crippen LogP contribution in [0.3, 0.4) is 0 Å². The van der Waals surface area contributed by atoms with Crippen molar-refractivity contribution in [3.8, 4) is 0 Å². The van der Waals surface area contributed by atoms with Crippen molar-refractivity contribution < 1.29 is 0 Å². The minimum atomic E-state index is 0.575. The molecule has 1 aromatic heterocycles. The van der Waals surface area contributed by atoms with Crippen molar-refractivity contribution in [2.24, 2.45) is 5.73 Å². The molecule has 2 aromatic rings. The number of nitrogens with two attached hydrogens (primary N) is 1. The molecule has 0 atom stereocenters. The number of benzene rings is 1. The first-order valence-electron chi connectivity index (χ1n) is 6.28. The fraction of sp³-hybridized carbons (Fsp3) is 0.357. The minimum Gasteiger partial charge on any atom is -0.347 e. The molecule has 0 saturated carbocycles. The van der Waals surface area contributed by atoms with Crippen LogP contribution < -0.4 is 10.6 Å². The number of anilines is 1. The summed E-state index contributed by atoms with van der Waals surface area (Å²) in [4.78, 5) is 8.04. The molecule has 0 spiro atoms. The van der Waals surface area contributed by atoms with Crippen LogP contribution in [0, 0.1) is 0 Å². The summed E-state index contributed by atoms with van der Waals surface area (Å²) in [5.41, 5.74) is 8.15. The lowest BCUT2D eigenvalue weighted by molar-refractivity contribution is 0.899. The van der Waals surface area contributed by atoms with Crippen molar-refractivity contribution in [2.45, 2.75) is 26.4 Å². The van der Waals surface area contributed by atoms with Gasteiger partial charge in [0.15, 0.2) is 5.13 Å². The molecule has 0 bridgehead atoms. The van der Waals surface area contributed by atoms with Crippen molar-refractivity contribution in [1.29, 1.82) is 0 Å². The monoisotopic (exact) mass is 339 g/mol. The van der Waals surface area contributed by atoms with Crippen molar-refractivity contribution >= 4 is 32.4 Å². The van der Waals surface area contributed by atoms with Gasteiger partial charge in [-0.1, -0.05) is 35.0 Å². The molecule has 1 heterocycles. The van der Waals surface area contributed by atoms with Crippen molar-refractivity contribution in [3.05, 3.63) is 44.9 Å². The van der Waals surface area contributed by atoms with E-state index < -0.39 is 0 Å². The van der Waals surface area contributed by atoms with E-state index in [0.717, 1.165) is 28.3 Å². The molecule has 0 unspecified atom stereocenters. The highest BCUT2D eigenvalue weighted by atomic mass is 79.9. The molecule has 1 aromatic carbocycles. The number of hydrogen-bond acceptors (Lipinski definition) is 4. The van der Waals surface area contributed by atoms with E-state index in [1.165, 1.54) is 10.4 Å². The zero-order chi connectivity index (χ0) is 13.8. The van der Waals surface area contributed by atoms with Gasteiger partial charge in [0.05, 0.1) is 5.69 Å². The van der Waals surface area contributed by atoms with Gasteiger partial charge in [0.1, 0.15) is 0 Å². The van der Waals surface area contributed by atoms with Gasteiger partial charge in [0.2, 0.25) is 0 Å². The molecule has 0 fully saturated rings. The molecule has 0 saturated heterocycles. The molecule has 102 valence electrons. The van der Waals surface area contributed by atoms with Crippen molar-refractivity contribution in [1.82, 2.24) is 4.98 Å². The second-order valence-electron chi connectivity index (χ2n) is 4.41. The van der Waals surface area contributed by atoms with E-state index in [1.54, 1.807) is 11.3 Å². The van der Waals surface area contributed by atoms with E-state index in [0.29, 0.717) is 6.54 Å². The largest absolute Gasteiger partial charge is 0.347 e. The molecule has 3 nitrogen and oxygen atoms in total. The summed E-state index contributed by atoms with van der Waals surface area (Å²) in [6, 6.07) is 8.35. The first kappa shape index (κ1) is 14.5. The number of aromatic nitrogens is 1. The summed E-state index contributed by atoms with van der Waals surface area (Å²) >= 11 is 5.19. The number of aryl methyl sites for hydroxylation is 1. The van der Waals surface area contributed by atoms with Crippen LogP contribution in [0.2, 0.25) is 0 Å². The standard InChI is InChI=1S/C14H18BrN3S/c1-3-12-13(8-16)19-14(17-12)18(2)9-10-5-4-6-11(15)7-10/h4-7H,3,8-9,16H2,1-2H3. The first-order valence-corrected chi connectivity index (χ1v) is 7.89. The van der Waals surface area contributed by atoms with Gasteiger partial charge in [0, 0.05) is 29.5 Å². The van der Waals surface area contributed by atoms with Gasteiger partial charge in [-0.25, -0.2) is 4.98 Å². The summed E-state index contributed by atoms with van der Waals surface area (Å²) in [5, 5.41) is 1.04. The van der Waals surface area contributed by atoms with E-state index in [2.05, 4.69) is 58.0 Å². The number of halogens is 1. The van der Waals surface area contributed by atoms with Crippen LogP contribution in [0.4, 0.5) is 5.13 Å². The summed E-state index contributed by atoms with van der Waals surface area (Å²) < 4.78 is 1.11. The minimum absolute atomic E-state index is 0.575. The number of thiazole rings is 1. The molecule has 0 aliphatic heterocycles. The Morgan fingerprint density at radius 3 is 2.79 bits per heavy atom. The Bertz CT molecular complexity index is 532. The van der Waals surface area contributed by atoms with Crippen molar-refractivity contribution in [2.75, 3.05) is 11.9 Å². The van der Waals surface area contributed by atoms with Crippen molar-refractivity contribution in [3.63, 3.8) is 0 Å². The van der Waals surface area contributed by atoms with E-state index in [1.807, 2.05) is 6.07 Å². The average molecular weight is 340 g/mol. The molecule has 0 aliphatic carbocycles. The van der Waals surface area contributed by atoms with Crippen LogP contribution in [0.5, 0.6) is 0 Å². The molecule has 0 amide bonds. The highest BCUT2D eigenvalue weighted by Crippen LogP contribution is 2.27. The normalized spacial score (nSPS) is 10.7. The molecule has 5 heteroatoms. The lowest BCUT2D eigenvalue weighted by atomic mass is 10.2. The lowest BCUT2D eigenvalue weighted by Crippen LogP contribution is -2.16. The summed E-state index contributed by atoms with van der Waals surface area (Å²) in [5.74, 6) is 0. The Kier molecular flexibility index (Phi) is 4.96. The Balaban J connectivity index is 2.15. The number of rotatable bonds is 5. The maximum Gasteiger partial charge on any atom is 0.185 e. The Morgan fingerprint density at radius 1 is 1.42 bits per heavy atom. The quantitative estimate of drug-likeness (QED) is 0.905. The highest BCUT2D eigenvalue weighted by molar-refractivity contribution is 9.10.